The topological polar surface area (TPSA) is 104 Å². The highest BCUT2D eigenvalue weighted by Gasteiger charge is 2.27. The lowest BCUT2D eigenvalue weighted by Crippen LogP contribution is -2.48. The number of nitrogens with zero attached hydrogens (tertiary/aromatic N) is 1. The van der Waals surface area contributed by atoms with Crippen molar-refractivity contribution < 1.29 is 23.1 Å². The summed E-state index contributed by atoms with van der Waals surface area (Å²) in [5.74, 6) is -2.18. The second-order valence-electron chi connectivity index (χ2n) is 5.34. The standard InChI is InChI=1S/C14H19ClN2O5S/c1-9(2)13(14(19)20)16-12(18)8-17(3)23(21,22)11-6-4-10(15)5-7-11/h4-7,9,13H,8H2,1-3H3,(H,16,18)(H,19,20)/t13-/m1/s1. The van der Waals surface area contributed by atoms with Crippen molar-refractivity contribution in [3.63, 3.8) is 0 Å². The molecule has 128 valence electrons. The molecule has 0 radical (unpaired) electrons. The predicted molar refractivity (Wildman–Crippen MR) is 85.7 cm³/mol. The van der Waals surface area contributed by atoms with Crippen LogP contribution in [-0.2, 0) is 19.6 Å². The lowest BCUT2D eigenvalue weighted by atomic mass is 10.1. The number of likely N-dealkylation sites (N-methyl/N-ethyl adjacent to an activating group) is 1. The third kappa shape index (κ3) is 5.19. The molecule has 1 amide bonds. The highest BCUT2D eigenvalue weighted by Crippen LogP contribution is 2.17. The van der Waals surface area contributed by atoms with Crippen molar-refractivity contribution >= 4 is 33.5 Å². The molecule has 0 aromatic heterocycles. The molecule has 1 aromatic carbocycles. The largest absolute Gasteiger partial charge is 0.480 e. The van der Waals surface area contributed by atoms with Crippen LogP contribution in [0.25, 0.3) is 0 Å². The van der Waals surface area contributed by atoms with E-state index in [2.05, 4.69) is 5.32 Å². The number of hydrogen-bond donors (Lipinski definition) is 2. The second kappa shape index (κ2) is 7.76. The van der Waals surface area contributed by atoms with E-state index >= 15 is 0 Å². The van der Waals surface area contributed by atoms with Crippen LogP contribution in [0.3, 0.4) is 0 Å². The quantitative estimate of drug-likeness (QED) is 0.758. The van der Waals surface area contributed by atoms with E-state index in [1.165, 1.54) is 31.3 Å². The monoisotopic (exact) mass is 362 g/mol. The van der Waals surface area contributed by atoms with Crippen molar-refractivity contribution in [1.29, 1.82) is 0 Å². The van der Waals surface area contributed by atoms with Gasteiger partial charge in [0, 0.05) is 12.1 Å². The molecule has 1 atom stereocenters. The van der Waals surface area contributed by atoms with Crippen molar-refractivity contribution in [1.82, 2.24) is 9.62 Å². The van der Waals surface area contributed by atoms with Crippen LogP contribution in [0.4, 0.5) is 0 Å². The first kappa shape index (κ1) is 19.4. The van der Waals surface area contributed by atoms with Crippen LogP contribution in [0.1, 0.15) is 13.8 Å². The smallest absolute Gasteiger partial charge is 0.326 e. The molecule has 23 heavy (non-hydrogen) atoms. The number of halogens is 1. The van der Waals surface area contributed by atoms with Crippen molar-refractivity contribution in [3.05, 3.63) is 29.3 Å². The number of benzene rings is 1. The van der Waals surface area contributed by atoms with Gasteiger partial charge in [-0.1, -0.05) is 25.4 Å². The molecular formula is C14H19ClN2O5S. The molecule has 0 unspecified atom stereocenters. The minimum absolute atomic E-state index is 0.00385. The Kier molecular flexibility index (Phi) is 6.55. The number of carbonyl (C=O) groups is 2. The molecular weight excluding hydrogens is 344 g/mol. The van der Waals surface area contributed by atoms with Crippen LogP contribution in [0, 0.1) is 5.92 Å². The van der Waals surface area contributed by atoms with Gasteiger partial charge in [0.15, 0.2) is 0 Å². The molecule has 0 bridgehead atoms. The summed E-state index contributed by atoms with van der Waals surface area (Å²) in [7, 11) is -2.62. The summed E-state index contributed by atoms with van der Waals surface area (Å²) in [6.45, 7) is 2.81. The minimum Gasteiger partial charge on any atom is -0.480 e. The molecule has 0 aliphatic rings. The highest BCUT2D eigenvalue weighted by atomic mass is 35.5. The second-order valence-corrected chi connectivity index (χ2v) is 7.82. The number of carbonyl (C=O) groups excluding carboxylic acids is 1. The number of amides is 1. The van der Waals surface area contributed by atoms with Crippen LogP contribution in [0.2, 0.25) is 5.02 Å². The molecule has 0 aliphatic carbocycles. The Morgan fingerprint density at radius 1 is 1.26 bits per heavy atom. The molecule has 2 N–H and O–H groups in total. The van der Waals surface area contributed by atoms with Crippen LogP contribution in [-0.4, -0.2) is 49.3 Å². The van der Waals surface area contributed by atoms with Gasteiger partial charge in [0.05, 0.1) is 11.4 Å². The summed E-state index contributed by atoms with van der Waals surface area (Å²) < 4.78 is 25.5. The summed E-state index contributed by atoms with van der Waals surface area (Å²) in [5.41, 5.74) is 0. The summed E-state index contributed by atoms with van der Waals surface area (Å²) in [6.07, 6.45) is 0. The SMILES string of the molecule is CC(C)[C@@H](NC(=O)CN(C)S(=O)(=O)c1ccc(Cl)cc1)C(=O)O. The number of aliphatic carboxylic acids is 1. The molecule has 0 spiro atoms. The van der Waals surface area contributed by atoms with Crippen molar-refractivity contribution in [2.75, 3.05) is 13.6 Å². The fourth-order valence-electron chi connectivity index (χ4n) is 1.81. The van der Waals surface area contributed by atoms with E-state index in [0.29, 0.717) is 5.02 Å². The Hall–Kier alpha value is -1.64. The Labute approximate surface area is 140 Å². The first-order valence-corrected chi connectivity index (χ1v) is 8.61. The average Bonchev–Trinajstić information content (AvgIpc) is 2.44. The molecule has 1 aromatic rings. The zero-order valence-electron chi connectivity index (χ0n) is 13.0. The average molecular weight is 363 g/mol. The fourth-order valence-corrected chi connectivity index (χ4v) is 3.06. The van der Waals surface area contributed by atoms with Gasteiger partial charge < -0.3 is 10.4 Å². The maximum atomic E-state index is 12.3. The van der Waals surface area contributed by atoms with Crippen LogP contribution >= 0.6 is 11.6 Å². The Morgan fingerprint density at radius 3 is 2.22 bits per heavy atom. The van der Waals surface area contributed by atoms with Gasteiger partial charge >= 0.3 is 5.97 Å². The Morgan fingerprint density at radius 2 is 1.78 bits per heavy atom. The highest BCUT2D eigenvalue weighted by molar-refractivity contribution is 7.89. The van der Waals surface area contributed by atoms with Crippen LogP contribution in [0.5, 0.6) is 0 Å². The third-order valence-electron chi connectivity index (χ3n) is 3.14. The number of nitrogens with one attached hydrogen (secondary N) is 1. The number of hydrogen-bond acceptors (Lipinski definition) is 4. The van der Waals surface area contributed by atoms with Crippen molar-refractivity contribution in [3.8, 4) is 0 Å². The number of carboxylic acids is 1. The first-order valence-electron chi connectivity index (χ1n) is 6.79. The van der Waals surface area contributed by atoms with Gasteiger partial charge in [-0.25, -0.2) is 13.2 Å². The lowest BCUT2D eigenvalue weighted by molar-refractivity contribution is -0.143. The van der Waals surface area contributed by atoms with E-state index < -0.39 is 34.5 Å². The number of rotatable bonds is 7. The molecule has 0 saturated carbocycles. The van der Waals surface area contributed by atoms with Gasteiger partial charge in [-0.2, -0.15) is 4.31 Å². The van der Waals surface area contributed by atoms with E-state index in [0.717, 1.165) is 4.31 Å². The van der Waals surface area contributed by atoms with Crippen molar-refractivity contribution in [2.24, 2.45) is 5.92 Å². The van der Waals surface area contributed by atoms with Crippen LogP contribution in [0.15, 0.2) is 29.2 Å². The molecule has 0 saturated heterocycles. The first-order chi connectivity index (χ1) is 10.6. The zero-order chi connectivity index (χ0) is 17.8. The molecule has 7 nitrogen and oxygen atoms in total. The zero-order valence-corrected chi connectivity index (χ0v) is 14.6. The van der Waals surface area contributed by atoms with E-state index in [1.807, 2.05) is 0 Å². The molecule has 9 heteroatoms. The van der Waals surface area contributed by atoms with E-state index in [-0.39, 0.29) is 10.8 Å². The van der Waals surface area contributed by atoms with E-state index in [4.69, 9.17) is 16.7 Å². The Balaban J connectivity index is 2.81. The molecule has 0 fully saturated rings. The fraction of sp³-hybridized carbons (Fsp3) is 0.429. The predicted octanol–water partition coefficient (Wildman–Crippen LogP) is 1.19. The van der Waals surface area contributed by atoms with Crippen molar-refractivity contribution in [2.45, 2.75) is 24.8 Å². The summed E-state index contributed by atoms with van der Waals surface area (Å²) in [6, 6.07) is 4.46. The Bertz CT molecular complexity index is 673. The van der Waals surface area contributed by atoms with Gasteiger partial charge in [-0.15, -0.1) is 0 Å². The number of carboxylic acid groups (broad SMARTS) is 1. The van der Waals surface area contributed by atoms with Gasteiger partial charge in [-0.05, 0) is 30.2 Å². The minimum atomic E-state index is -3.86. The summed E-state index contributed by atoms with van der Waals surface area (Å²) in [4.78, 5) is 23.0. The third-order valence-corrected chi connectivity index (χ3v) is 5.21. The van der Waals surface area contributed by atoms with Gasteiger partial charge in [0.1, 0.15) is 6.04 Å². The van der Waals surface area contributed by atoms with Gasteiger partial charge in [0.25, 0.3) is 0 Å². The lowest BCUT2D eigenvalue weighted by Gasteiger charge is -2.21. The summed E-state index contributed by atoms with van der Waals surface area (Å²) in [5, 5.41) is 11.7. The van der Waals surface area contributed by atoms with E-state index in [1.54, 1.807) is 13.8 Å². The molecule has 0 heterocycles. The van der Waals surface area contributed by atoms with Crippen LogP contribution < -0.4 is 5.32 Å². The molecule has 0 aliphatic heterocycles. The maximum absolute atomic E-state index is 12.3. The van der Waals surface area contributed by atoms with Gasteiger partial charge in [-0.3, -0.25) is 4.79 Å². The molecule has 1 rings (SSSR count). The van der Waals surface area contributed by atoms with E-state index in [9.17, 15) is 18.0 Å². The number of sulfonamides is 1. The normalized spacial score (nSPS) is 13.1. The maximum Gasteiger partial charge on any atom is 0.326 e. The summed E-state index contributed by atoms with van der Waals surface area (Å²) >= 11 is 5.71. The van der Waals surface area contributed by atoms with Gasteiger partial charge in [0.2, 0.25) is 15.9 Å².